The van der Waals surface area contributed by atoms with Crippen LogP contribution in [-0.4, -0.2) is 35.2 Å². The van der Waals surface area contributed by atoms with Crippen molar-refractivity contribution in [3.8, 4) is 29.0 Å². The van der Waals surface area contributed by atoms with Gasteiger partial charge in [0.05, 0.1) is 30.6 Å². The fourth-order valence-corrected chi connectivity index (χ4v) is 6.34. The molecule has 0 saturated carbocycles. The lowest BCUT2D eigenvalue weighted by Gasteiger charge is -2.30. The lowest BCUT2D eigenvalue weighted by atomic mass is 9.91. The zero-order valence-corrected chi connectivity index (χ0v) is 22.9. The highest BCUT2D eigenvalue weighted by molar-refractivity contribution is 7.23. The van der Waals surface area contributed by atoms with Crippen LogP contribution in [0.1, 0.15) is 29.7 Å². The Morgan fingerprint density at radius 1 is 1.17 bits per heavy atom. The molecule has 0 bridgehead atoms. The van der Waals surface area contributed by atoms with Crippen LogP contribution in [0.4, 0.5) is 34.2 Å². The van der Waals surface area contributed by atoms with Gasteiger partial charge in [0.1, 0.15) is 46.1 Å². The zero-order valence-electron chi connectivity index (χ0n) is 22.1. The average Bonchev–Trinajstić information content (AvgIpc) is 3.18. The van der Waals surface area contributed by atoms with Crippen molar-refractivity contribution in [1.29, 1.82) is 5.26 Å². The first-order valence-electron chi connectivity index (χ1n) is 12.6. The molecule has 9 nitrogen and oxygen atoms in total. The molecule has 0 saturated heterocycles. The molecular weight excluding hydrogens is 574 g/mol. The first-order valence-corrected chi connectivity index (χ1v) is 13.4. The Balaban J connectivity index is 1.75. The molecule has 0 radical (unpaired) electrons. The minimum absolute atomic E-state index is 0.0215. The molecule has 2 aromatic carbocycles. The molecule has 0 amide bonds. The topological polar surface area (TPSA) is 136 Å². The highest BCUT2D eigenvalue weighted by Crippen LogP contribution is 2.53. The van der Waals surface area contributed by atoms with E-state index >= 15 is 17.6 Å². The molecule has 1 aliphatic heterocycles. The van der Waals surface area contributed by atoms with Gasteiger partial charge >= 0.3 is 12.2 Å². The van der Waals surface area contributed by atoms with Crippen molar-refractivity contribution in [3.05, 3.63) is 59.0 Å². The molecule has 6 rings (SSSR count). The fourth-order valence-electron chi connectivity index (χ4n) is 5.40. The molecule has 14 heteroatoms. The highest BCUT2D eigenvalue weighted by atomic mass is 32.1. The van der Waals surface area contributed by atoms with Crippen LogP contribution in [-0.2, 0) is 6.18 Å². The van der Waals surface area contributed by atoms with E-state index in [1.54, 1.807) is 30.0 Å². The monoisotopic (exact) mass is 595 g/mol. The summed E-state index contributed by atoms with van der Waals surface area (Å²) in [5.74, 6) is -1.70. The van der Waals surface area contributed by atoms with Gasteiger partial charge in [-0.3, -0.25) is 0 Å². The fraction of sp³-hybridized carbons (Fsp3) is 0.214. The Bertz CT molecular complexity index is 1940. The standard InChI is InChI=1S/C28H21F4N7O2S/c1-12(13-6-4-8-36-24(13)34)39-9-10-41-23-19-22(37-27(40-2)38-26(19)39)21(29)18(20(23)28(30,31)32)14-5-3-7-16-17(14)15(11-33)25(35)42-16/h3-8,12H,9-10,35H2,1-2H3,(H2,34,36). The van der Waals surface area contributed by atoms with E-state index in [9.17, 15) is 5.26 Å². The van der Waals surface area contributed by atoms with Crippen molar-refractivity contribution in [3.63, 3.8) is 0 Å². The summed E-state index contributed by atoms with van der Waals surface area (Å²) in [6.07, 6.45) is -3.56. The zero-order chi connectivity index (χ0) is 29.9. The van der Waals surface area contributed by atoms with Crippen LogP contribution in [0.5, 0.6) is 11.8 Å². The first-order chi connectivity index (χ1) is 20.1. The van der Waals surface area contributed by atoms with Gasteiger partial charge in [-0.15, -0.1) is 11.3 Å². The third-order valence-corrected chi connectivity index (χ3v) is 8.21. The Morgan fingerprint density at radius 3 is 2.64 bits per heavy atom. The summed E-state index contributed by atoms with van der Waals surface area (Å²) in [6.45, 7) is 1.65. The van der Waals surface area contributed by atoms with E-state index in [-0.39, 0.29) is 57.7 Å². The van der Waals surface area contributed by atoms with Gasteiger partial charge in [0.25, 0.3) is 0 Å². The number of nitrogens with two attached hydrogens (primary N) is 2. The second-order valence-corrected chi connectivity index (χ2v) is 10.6. The molecule has 1 atom stereocenters. The number of halogens is 4. The lowest BCUT2D eigenvalue weighted by molar-refractivity contribution is -0.138. The van der Waals surface area contributed by atoms with E-state index < -0.39 is 40.4 Å². The predicted octanol–water partition coefficient (Wildman–Crippen LogP) is 6.07. The maximum Gasteiger partial charge on any atom is 0.420 e. The molecule has 3 aromatic heterocycles. The number of thiophene rings is 1. The summed E-state index contributed by atoms with van der Waals surface area (Å²) in [7, 11) is 1.27. The number of nitrogens with zero attached hydrogens (tertiary/aromatic N) is 5. The molecule has 42 heavy (non-hydrogen) atoms. The van der Waals surface area contributed by atoms with Gasteiger partial charge in [0.2, 0.25) is 0 Å². The number of rotatable bonds is 4. The molecule has 0 aliphatic carbocycles. The number of benzene rings is 2. The predicted molar refractivity (Wildman–Crippen MR) is 151 cm³/mol. The number of hydrogen-bond acceptors (Lipinski definition) is 10. The molecule has 0 fully saturated rings. The number of fused-ring (bicyclic) bond motifs is 1. The van der Waals surface area contributed by atoms with Crippen molar-refractivity contribution in [2.24, 2.45) is 0 Å². The van der Waals surface area contributed by atoms with Gasteiger partial charge < -0.3 is 25.8 Å². The van der Waals surface area contributed by atoms with Crippen molar-refractivity contribution in [2.75, 3.05) is 36.6 Å². The van der Waals surface area contributed by atoms with Gasteiger partial charge in [-0.25, -0.2) is 9.37 Å². The number of alkyl halides is 3. The Labute approximate surface area is 239 Å². The van der Waals surface area contributed by atoms with E-state index in [4.69, 9.17) is 20.9 Å². The number of methoxy groups -OCH3 is 1. The molecule has 1 unspecified atom stereocenters. The SMILES string of the molecule is COc1nc2c3c(c(C(F)(F)F)c(-c4cccc5sc(N)c(C#N)c45)c(F)c3n1)OCCN2C(C)c1cccnc1N. The minimum Gasteiger partial charge on any atom is -0.490 e. The molecule has 4 heterocycles. The number of nitrogen functional groups attached to an aromatic ring is 2. The number of nitriles is 1. The van der Waals surface area contributed by atoms with Crippen LogP contribution in [0, 0.1) is 17.1 Å². The summed E-state index contributed by atoms with van der Waals surface area (Å²) in [5, 5.41) is 9.72. The van der Waals surface area contributed by atoms with E-state index in [1.807, 2.05) is 6.07 Å². The van der Waals surface area contributed by atoms with Crippen molar-refractivity contribution >= 4 is 49.0 Å². The summed E-state index contributed by atoms with van der Waals surface area (Å²) in [5.41, 5.74) is 9.90. The van der Waals surface area contributed by atoms with E-state index in [2.05, 4.69) is 15.0 Å². The lowest BCUT2D eigenvalue weighted by Crippen LogP contribution is -2.31. The Kier molecular flexibility index (Phi) is 6.42. The first kappa shape index (κ1) is 27.3. The van der Waals surface area contributed by atoms with E-state index in [0.717, 1.165) is 11.3 Å². The molecule has 0 spiro atoms. The number of pyridine rings is 1. The number of ether oxygens (including phenoxy) is 2. The highest BCUT2D eigenvalue weighted by Gasteiger charge is 2.44. The van der Waals surface area contributed by atoms with E-state index in [0.29, 0.717) is 10.3 Å². The summed E-state index contributed by atoms with van der Waals surface area (Å²) in [6, 6.07) is 8.95. The van der Waals surface area contributed by atoms with Gasteiger partial charge in [0, 0.05) is 27.4 Å². The largest absolute Gasteiger partial charge is 0.490 e. The summed E-state index contributed by atoms with van der Waals surface area (Å²) >= 11 is 1.02. The second kappa shape index (κ2) is 9.88. The number of aromatic nitrogens is 3. The normalized spacial score (nSPS) is 14.0. The Hall–Kier alpha value is -4.90. The molecule has 4 N–H and O–H groups in total. The summed E-state index contributed by atoms with van der Waals surface area (Å²) < 4.78 is 73.4. The van der Waals surface area contributed by atoms with Gasteiger partial charge in [-0.1, -0.05) is 18.2 Å². The molecule has 1 aliphatic rings. The van der Waals surface area contributed by atoms with Crippen LogP contribution >= 0.6 is 11.3 Å². The third kappa shape index (κ3) is 4.07. The minimum atomic E-state index is -5.08. The van der Waals surface area contributed by atoms with Crippen LogP contribution in [0.25, 0.3) is 32.1 Å². The maximum atomic E-state index is 16.7. The van der Waals surface area contributed by atoms with Gasteiger partial charge in [-0.2, -0.15) is 28.4 Å². The number of anilines is 3. The second-order valence-electron chi connectivity index (χ2n) is 9.48. The molecule has 214 valence electrons. The van der Waals surface area contributed by atoms with Crippen molar-refractivity contribution in [1.82, 2.24) is 15.0 Å². The smallest absolute Gasteiger partial charge is 0.420 e. The number of hydrogen-bond donors (Lipinski definition) is 2. The van der Waals surface area contributed by atoms with Crippen LogP contribution in [0.3, 0.4) is 0 Å². The van der Waals surface area contributed by atoms with Crippen LogP contribution in [0.15, 0.2) is 36.5 Å². The quantitative estimate of drug-likeness (QED) is 0.237. The van der Waals surface area contributed by atoms with Crippen LogP contribution in [0.2, 0.25) is 0 Å². The van der Waals surface area contributed by atoms with E-state index in [1.165, 1.54) is 25.4 Å². The van der Waals surface area contributed by atoms with Crippen molar-refractivity contribution in [2.45, 2.75) is 19.1 Å². The summed E-state index contributed by atoms with van der Waals surface area (Å²) in [4.78, 5) is 14.3. The third-order valence-electron chi connectivity index (χ3n) is 7.23. The van der Waals surface area contributed by atoms with Crippen molar-refractivity contribution < 1.29 is 27.0 Å². The maximum absolute atomic E-state index is 16.7. The molecule has 5 aromatic rings. The molecular formula is C28H21F4N7O2S. The van der Waals surface area contributed by atoms with Gasteiger partial charge in [0.15, 0.2) is 5.82 Å². The average molecular weight is 596 g/mol. The van der Waals surface area contributed by atoms with Gasteiger partial charge in [-0.05, 0) is 24.6 Å². The van der Waals surface area contributed by atoms with Crippen LogP contribution < -0.4 is 25.8 Å². The Morgan fingerprint density at radius 2 is 1.95 bits per heavy atom.